The summed E-state index contributed by atoms with van der Waals surface area (Å²) in [7, 11) is 0. The minimum absolute atomic E-state index is 0.123. The third-order valence-corrected chi connectivity index (χ3v) is 6.46. The molecule has 0 unspecified atom stereocenters. The van der Waals surface area contributed by atoms with Crippen LogP contribution in [-0.4, -0.2) is 35.8 Å². The summed E-state index contributed by atoms with van der Waals surface area (Å²) in [4.78, 5) is 27.1. The molecule has 154 valence electrons. The van der Waals surface area contributed by atoms with Crippen LogP contribution in [0.2, 0.25) is 0 Å². The van der Waals surface area contributed by atoms with Gasteiger partial charge in [-0.2, -0.15) is 0 Å². The topological polar surface area (TPSA) is 55.8 Å². The van der Waals surface area contributed by atoms with E-state index in [2.05, 4.69) is 21.9 Å². The molecule has 0 aromatic heterocycles. The van der Waals surface area contributed by atoms with Gasteiger partial charge in [-0.3, -0.25) is 14.5 Å². The maximum absolute atomic E-state index is 12.8. The van der Waals surface area contributed by atoms with Crippen molar-refractivity contribution in [3.63, 3.8) is 0 Å². The molecule has 1 aliphatic heterocycles. The van der Waals surface area contributed by atoms with Crippen LogP contribution in [0.15, 0.2) is 21.5 Å². The van der Waals surface area contributed by atoms with Crippen molar-refractivity contribution < 1.29 is 19.1 Å². The third-order valence-electron chi connectivity index (χ3n) is 4.97. The molecule has 1 saturated heterocycles. The summed E-state index contributed by atoms with van der Waals surface area (Å²) in [5.41, 5.74) is 0.747. The summed E-state index contributed by atoms with van der Waals surface area (Å²) in [6.45, 7) is 2.98. The minimum atomic E-state index is -0.215. The van der Waals surface area contributed by atoms with Gasteiger partial charge in [0, 0.05) is 6.54 Å². The Kier molecular flexibility index (Phi) is 7.68. The number of rotatable bonds is 7. The van der Waals surface area contributed by atoms with E-state index in [0.717, 1.165) is 30.2 Å². The van der Waals surface area contributed by atoms with Crippen LogP contribution in [-0.2, 0) is 4.79 Å². The quantitative estimate of drug-likeness (QED) is 0.384. The second kappa shape index (κ2) is 10.2. The van der Waals surface area contributed by atoms with Crippen LogP contribution in [0.25, 0.3) is 6.08 Å². The van der Waals surface area contributed by atoms with Crippen LogP contribution in [0, 0.1) is 18.3 Å². The molecule has 2 amide bonds. The van der Waals surface area contributed by atoms with Gasteiger partial charge in [0.25, 0.3) is 11.1 Å². The van der Waals surface area contributed by atoms with Crippen LogP contribution in [0.4, 0.5) is 4.79 Å². The number of hydrogen-bond donors (Lipinski definition) is 0. The molecule has 1 aromatic carbocycles. The van der Waals surface area contributed by atoms with E-state index in [0.29, 0.717) is 39.9 Å². The van der Waals surface area contributed by atoms with Crippen molar-refractivity contribution >= 4 is 44.9 Å². The molecule has 0 bridgehead atoms. The number of benzene rings is 1. The number of terminal acetylenes is 1. The van der Waals surface area contributed by atoms with E-state index >= 15 is 0 Å². The zero-order chi connectivity index (χ0) is 20.8. The molecule has 0 atom stereocenters. The molecule has 5 nitrogen and oxygen atoms in total. The summed E-state index contributed by atoms with van der Waals surface area (Å²) >= 11 is 4.47. The molecule has 0 radical (unpaired) electrons. The summed E-state index contributed by atoms with van der Waals surface area (Å²) < 4.78 is 11.9. The summed E-state index contributed by atoms with van der Waals surface area (Å²) in [6.07, 6.45) is 12.8. The second-order valence-electron chi connectivity index (χ2n) is 7.05. The maximum atomic E-state index is 12.8. The molecule has 0 N–H and O–H groups in total. The lowest BCUT2D eigenvalue weighted by atomic mass is 9.89. The van der Waals surface area contributed by atoms with Gasteiger partial charge in [0.1, 0.15) is 6.61 Å². The average molecular weight is 478 g/mol. The van der Waals surface area contributed by atoms with Crippen LogP contribution in [0.1, 0.15) is 44.6 Å². The van der Waals surface area contributed by atoms with E-state index in [-0.39, 0.29) is 17.8 Å². The van der Waals surface area contributed by atoms with Crippen molar-refractivity contribution in [2.24, 2.45) is 5.92 Å². The first kappa shape index (κ1) is 21.8. The zero-order valence-electron chi connectivity index (χ0n) is 16.4. The number of carbonyl (C=O) groups excluding carboxylic acids is 2. The summed E-state index contributed by atoms with van der Waals surface area (Å²) in [6, 6.07) is 3.61. The molecule has 0 spiro atoms. The number of thioether (sulfide) groups is 1. The maximum Gasteiger partial charge on any atom is 0.293 e. The van der Waals surface area contributed by atoms with Gasteiger partial charge < -0.3 is 9.47 Å². The number of imide groups is 1. The molecule has 1 saturated carbocycles. The Morgan fingerprint density at radius 3 is 2.72 bits per heavy atom. The molecule has 1 aromatic rings. The summed E-state index contributed by atoms with van der Waals surface area (Å²) in [5.74, 6) is 3.69. The lowest BCUT2D eigenvalue weighted by Crippen LogP contribution is -2.34. The first-order valence-electron chi connectivity index (χ1n) is 9.81. The Bertz CT molecular complexity index is 855. The normalized spacial score (nSPS) is 18.9. The highest BCUT2D eigenvalue weighted by molar-refractivity contribution is 9.10. The van der Waals surface area contributed by atoms with Crippen molar-refractivity contribution in [3.05, 3.63) is 27.1 Å². The van der Waals surface area contributed by atoms with Crippen molar-refractivity contribution in [1.29, 1.82) is 0 Å². The predicted molar refractivity (Wildman–Crippen MR) is 119 cm³/mol. The Balaban J connectivity index is 1.81. The number of hydrogen-bond acceptors (Lipinski definition) is 5. The smallest absolute Gasteiger partial charge is 0.293 e. The Morgan fingerprint density at radius 1 is 1.28 bits per heavy atom. The van der Waals surface area contributed by atoms with Crippen molar-refractivity contribution in [3.8, 4) is 23.8 Å². The molecule has 7 heteroatoms. The number of amides is 2. The van der Waals surface area contributed by atoms with Crippen LogP contribution < -0.4 is 9.47 Å². The summed E-state index contributed by atoms with van der Waals surface area (Å²) in [5, 5.41) is -0.190. The van der Waals surface area contributed by atoms with Crippen molar-refractivity contribution in [1.82, 2.24) is 4.90 Å². The van der Waals surface area contributed by atoms with Gasteiger partial charge in [-0.15, -0.1) is 6.42 Å². The van der Waals surface area contributed by atoms with Gasteiger partial charge >= 0.3 is 0 Å². The highest BCUT2D eigenvalue weighted by Gasteiger charge is 2.36. The van der Waals surface area contributed by atoms with E-state index in [9.17, 15) is 9.59 Å². The molecule has 2 aliphatic rings. The number of nitrogens with zero attached hydrogens (tertiary/aromatic N) is 1. The second-order valence-corrected chi connectivity index (χ2v) is 8.90. The monoisotopic (exact) mass is 477 g/mol. The molecule has 1 aliphatic carbocycles. The predicted octanol–water partition coefficient (Wildman–Crippen LogP) is 5.48. The Hall–Kier alpha value is -1.91. The zero-order valence-corrected chi connectivity index (χ0v) is 18.8. The van der Waals surface area contributed by atoms with Crippen LogP contribution in [0.3, 0.4) is 0 Å². The number of ether oxygens (including phenoxy) is 2. The number of carbonyl (C=O) groups is 2. The van der Waals surface area contributed by atoms with Gasteiger partial charge in [0.05, 0.1) is 16.0 Å². The van der Waals surface area contributed by atoms with Gasteiger partial charge in [0.15, 0.2) is 11.5 Å². The lowest BCUT2D eigenvalue weighted by Gasteiger charge is -2.25. The molecular formula is C22H24BrNO4S. The van der Waals surface area contributed by atoms with E-state index in [1.807, 2.05) is 13.0 Å². The van der Waals surface area contributed by atoms with Gasteiger partial charge in [-0.25, -0.2) is 0 Å². The Labute approximate surface area is 184 Å². The SMILES string of the molecule is C#CCOc1c(Br)cc(/C=C2/SC(=O)N(CC3CCCCC3)C2=O)cc1OCC. The highest BCUT2D eigenvalue weighted by Crippen LogP contribution is 2.39. The van der Waals surface area contributed by atoms with Gasteiger partial charge in [-0.05, 0) is 77.1 Å². The average Bonchev–Trinajstić information content (AvgIpc) is 2.96. The number of halogens is 1. The highest BCUT2D eigenvalue weighted by atomic mass is 79.9. The van der Waals surface area contributed by atoms with Crippen LogP contribution in [0.5, 0.6) is 11.5 Å². The minimum Gasteiger partial charge on any atom is -0.490 e. The molecule has 3 rings (SSSR count). The van der Waals surface area contributed by atoms with E-state index in [1.165, 1.54) is 24.2 Å². The lowest BCUT2D eigenvalue weighted by molar-refractivity contribution is -0.123. The van der Waals surface area contributed by atoms with E-state index in [1.54, 1.807) is 12.1 Å². The first-order chi connectivity index (χ1) is 14.0. The molecule has 1 heterocycles. The van der Waals surface area contributed by atoms with Gasteiger partial charge in [-0.1, -0.05) is 25.2 Å². The fourth-order valence-corrected chi connectivity index (χ4v) is 5.05. The van der Waals surface area contributed by atoms with E-state index in [4.69, 9.17) is 15.9 Å². The standard InChI is InChI=1S/C22H24BrNO4S/c1-3-10-28-20-17(23)11-16(12-18(20)27-4-2)13-19-21(25)24(22(26)29-19)14-15-8-6-5-7-9-15/h1,11-13,15H,4-10,14H2,2H3/b19-13+. The fraction of sp³-hybridized carbons (Fsp3) is 0.455. The van der Waals surface area contributed by atoms with Crippen molar-refractivity contribution in [2.75, 3.05) is 19.8 Å². The molecular weight excluding hydrogens is 454 g/mol. The molecule has 29 heavy (non-hydrogen) atoms. The fourth-order valence-electron chi connectivity index (χ4n) is 3.62. The van der Waals surface area contributed by atoms with E-state index < -0.39 is 0 Å². The molecule has 2 fully saturated rings. The first-order valence-corrected chi connectivity index (χ1v) is 11.4. The van der Waals surface area contributed by atoms with Crippen molar-refractivity contribution in [2.45, 2.75) is 39.0 Å². The van der Waals surface area contributed by atoms with Gasteiger partial charge in [0.2, 0.25) is 0 Å². The Morgan fingerprint density at radius 2 is 2.03 bits per heavy atom. The largest absolute Gasteiger partial charge is 0.490 e. The third kappa shape index (κ3) is 5.37. The van der Waals surface area contributed by atoms with Crippen LogP contribution >= 0.6 is 27.7 Å².